The molecule has 2 rings (SSSR count). The molecule has 1 aliphatic heterocycles. The third-order valence-electron chi connectivity index (χ3n) is 4.82. The van der Waals surface area contributed by atoms with E-state index >= 15 is 0 Å². The Morgan fingerprint density at radius 3 is 2.59 bits per heavy atom. The molecule has 0 spiro atoms. The fraction of sp³-hybridized carbons (Fsp3) is 0.765. The quantitative estimate of drug-likeness (QED) is 0.434. The lowest BCUT2D eigenvalue weighted by Crippen LogP contribution is -2.44. The van der Waals surface area contributed by atoms with Crippen LogP contribution in [0.1, 0.15) is 32.3 Å². The number of rotatable bonds is 7. The van der Waals surface area contributed by atoms with Crippen molar-refractivity contribution in [2.24, 2.45) is 18.0 Å². The summed E-state index contributed by atoms with van der Waals surface area (Å²) in [6, 6.07) is 0. The van der Waals surface area contributed by atoms with Crippen LogP contribution in [0.15, 0.2) is 17.4 Å². The van der Waals surface area contributed by atoms with Gasteiger partial charge in [-0.15, -0.1) is 0 Å². The third-order valence-corrected chi connectivity index (χ3v) is 6.12. The van der Waals surface area contributed by atoms with E-state index in [-0.39, 0.29) is 6.54 Å². The number of hydrogen-bond donors (Lipinski definition) is 3. The summed E-state index contributed by atoms with van der Waals surface area (Å²) >= 11 is 0. The van der Waals surface area contributed by atoms with Gasteiger partial charge in [-0.2, -0.15) is 5.10 Å². The van der Waals surface area contributed by atoms with E-state index in [0.29, 0.717) is 31.5 Å². The molecule has 1 aromatic rings. The van der Waals surface area contributed by atoms with Crippen LogP contribution in [-0.2, 0) is 22.7 Å². The van der Waals surface area contributed by atoms with Crippen molar-refractivity contribution in [1.82, 2.24) is 24.7 Å². The standard InChI is InChI=1S/C17H32N6O3S/c1-5-18-16(20-13-17(2,24)15-11-21-22(3)12-15)19-10-14-6-8-23(9-7-14)27(4,25)26/h11-12,14,24H,5-10,13H2,1-4H3,(H2,18,19,20). The number of aromatic nitrogens is 2. The first-order valence-corrected chi connectivity index (χ1v) is 11.2. The van der Waals surface area contributed by atoms with Crippen molar-refractivity contribution >= 4 is 16.0 Å². The highest BCUT2D eigenvalue weighted by atomic mass is 32.2. The number of guanidine groups is 1. The summed E-state index contributed by atoms with van der Waals surface area (Å²) in [5.41, 5.74) is -0.380. The number of aryl methyl sites for hydroxylation is 1. The summed E-state index contributed by atoms with van der Waals surface area (Å²) in [4.78, 5) is 4.51. The molecule has 0 aliphatic carbocycles. The molecule has 1 fully saturated rings. The first-order valence-electron chi connectivity index (χ1n) is 9.30. The van der Waals surface area contributed by atoms with Gasteiger partial charge in [-0.3, -0.25) is 4.68 Å². The Morgan fingerprint density at radius 1 is 1.41 bits per heavy atom. The first kappa shape index (κ1) is 21.6. The summed E-state index contributed by atoms with van der Waals surface area (Å²) in [6.45, 7) is 6.48. The molecule has 1 atom stereocenters. The third kappa shape index (κ3) is 6.47. The average Bonchev–Trinajstić information content (AvgIpc) is 3.04. The van der Waals surface area contributed by atoms with Gasteiger partial charge in [0.2, 0.25) is 10.0 Å². The van der Waals surface area contributed by atoms with Gasteiger partial charge in [0, 0.05) is 45.0 Å². The molecule has 0 saturated carbocycles. The Labute approximate surface area is 161 Å². The molecule has 0 radical (unpaired) electrons. The van der Waals surface area contributed by atoms with Crippen molar-refractivity contribution in [3.8, 4) is 0 Å². The molecule has 1 saturated heterocycles. The summed E-state index contributed by atoms with van der Waals surface area (Å²) < 4.78 is 26.4. The zero-order valence-electron chi connectivity index (χ0n) is 16.6. The minimum absolute atomic E-state index is 0.209. The van der Waals surface area contributed by atoms with Crippen LogP contribution in [0, 0.1) is 5.92 Å². The van der Waals surface area contributed by atoms with Crippen LogP contribution in [0.2, 0.25) is 0 Å². The molecule has 0 bridgehead atoms. The van der Waals surface area contributed by atoms with E-state index in [2.05, 4.69) is 20.7 Å². The zero-order valence-corrected chi connectivity index (χ0v) is 17.5. The summed E-state index contributed by atoms with van der Waals surface area (Å²) in [5.74, 6) is 1.04. The molecule has 1 unspecified atom stereocenters. The van der Waals surface area contributed by atoms with Crippen molar-refractivity contribution < 1.29 is 13.5 Å². The monoisotopic (exact) mass is 400 g/mol. The van der Waals surface area contributed by atoms with Crippen LogP contribution in [0.5, 0.6) is 0 Å². The van der Waals surface area contributed by atoms with E-state index in [9.17, 15) is 13.5 Å². The van der Waals surface area contributed by atoms with Gasteiger partial charge in [0.05, 0.1) is 19.0 Å². The average molecular weight is 401 g/mol. The van der Waals surface area contributed by atoms with Crippen LogP contribution in [0.25, 0.3) is 0 Å². The molecule has 2 heterocycles. The Hall–Kier alpha value is -1.65. The van der Waals surface area contributed by atoms with Gasteiger partial charge < -0.3 is 15.7 Å². The summed E-state index contributed by atoms with van der Waals surface area (Å²) in [5, 5.41) is 21.3. The summed E-state index contributed by atoms with van der Waals surface area (Å²) in [7, 11) is -1.29. The maximum atomic E-state index is 11.6. The first-order chi connectivity index (χ1) is 12.6. The number of aliphatic hydroxyl groups is 1. The lowest BCUT2D eigenvalue weighted by molar-refractivity contribution is 0.0671. The molecule has 10 heteroatoms. The Balaban J connectivity index is 1.89. The fourth-order valence-electron chi connectivity index (χ4n) is 3.05. The smallest absolute Gasteiger partial charge is 0.211 e. The van der Waals surface area contributed by atoms with E-state index < -0.39 is 15.6 Å². The predicted molar refractivity (Wildman–Crippen MR) is 106 cm³/mol. The van der Waals surface area contributed by atoms with Gasteiger partial charge in [0.25, 0.3) is 0 Å². The summed E-state index contributed by atoms with van der Waals surface area (Å²) in [6.07, 6.45) is 6.34. The second-order valence-electron chi connectivity index (χ2n) is 7.36. The van der Waals surface area contributed by atoms with Gasteiger partial charge in [-0.25, -0.2) is 17.7 Å². The lowest BCUT2D eigenvalue weighted by Gasteiger charge is -2.30. The molecule has 0 amide bonds. The lowest BCUT2D eigenvalue weighted by atomic mass is 9.98. The van der Waals surface area contributed by atoms with E-state index in [1.807, 2.05) is 14.0 Å². The van der Waals surface area contributed by atoms with Gasteiger partial charge >= 0.3 is 0 Å². The molecule has 1 aromatic heterocycles. The molecule has 9 nitrogen and oxygen atoms in total. The number of piperidine rings is 1. The molecule has 27 heavy (non-hydrogen) atoms. The molecule has 0 aromatic carbocycles. The van der Waals surface area contributed by atoms with Crippen molar-refractivity contribution in [3.63, 3.8) is 0 Å². The van der Waals surface area contributed by atoms with E-state index in [1.54, 1.807) is 24.0 Å². The van der Waals surface area contributed by atoms with Crippen LogP contribution >= 0.6 is 0 Å². The normalized spacial score (nSPS) is 19.7. The van der Waals surface area contributed by atoms with Gasteiger partial charge in [-0.1, -0.05) is 0 Å². The Kier molecular flexibility index (Phi) is 7.24. The second-order valence-corrected chi connectivity index (χ2v) is 9.34. The number of nitrogens with zero attached hydrogens (tertiary/aromatic N) is 4. The van der Waals surface area contributed by atoms with Crippen LogP contribution in [0.4, 0.5) is 0 Å². The number of sulfonamides is 1. The van der Waals surface area contributed by atoms with Crippen LogP contribution < -0.4 is 10.6 Å². The molecule has 3 N–H and O–H groups in total. The fourth-order valence-corrected chi connectivity index (χ4v) is 3.93. The van der Waals surface area contributed by atoms with Crippen LogP contribution in [-0.4, -0.2) is 72.5 Å². The topological polar surface area (TPSA) is 112 Å². The number of hydrogen-bond acceptors (Lipinski definition) is 5. The van der Waals surface area contributed by atoms with E-state index in [4.69, 9.17) is 0 Å². The second kappa shape index (κ2) is 9.03. The zero-order chi connectivity index (χ0) is 20.1. The highest BCUT2D eigenvalue weighted by Crippen LogP contribution is 2.20. The Bertz CT molecular complexity index is 736. The van der Waals surface area contributed by atoms with Crippen molar-refractivity contribution in [2.75, 3.05) is 39.0 Å². The Morgan fingerprint density at radius 2 is 2.07 bits per heavy atom. The van der Waals surface area contributed by atoms with Gasteiger partial charge in [0.1, 0.15) is 5.60 Å². The van der Waals surface area contributed by atoms with E-state index in [0.717, 1.165) is 24.9 Å². The minimum Gasteiger partial charge on any atom is -0.383 e. The largest absolute Gasteiger partial charge is 0.383 e. The van der Waals surface area contributed by atoms with E-state index in [1.165, 1.54) is 10.6 Å². The predicted octanol–water partition coefficient (Wildman–Crippen LogP) is -0.146. The molecule has 154 valence electrons. The maximum absolute atomic E-state index is 11.6. The van der Waals surface area contributed by atoms with Gasteiger partial charge in [0.15, 0.2) is 5.96 Å². The number of nitrogens with one attached hydrogen (secondary N) is 2. The minimum atomic E-state index is -3.10. The highest BCUT2D eigenvalue weighted by Gasteiger charge is 2.26. The molecule has 1 aliphatic rings. The number of aliphatic imine (C=N–C) groups is 1. The maximum Gasteiger partial charge on any atom is 0.211 e. The van der Waals surface area contributed by atoms with Crippen molar-refractivity contribution in [2.45, 2.75) is 32.3 Å². The highest BCUT2D eigenvalue weighted by molar-refractivity contribution is 7.88. The van der Waals surface area contributed by atoms with Crippen LogP contribution in [0.3, 0.4) is 0 Å². The molecular weight excluding hydrogens is 368 g/mol. The van der Waals surface area contributed by atoms with Crippen molar-refractivity contribution in [1.29, 1.82) is 0 Å². The van der Waals surface area contributed by atoms with Gasteiger partial charge in [-0.05, 0) is 32.6 Å². The molecular formula is C17H32N6O3S. The SMILES string of the molecule is CCNC(=NCC(C)(O)c1cnn(C)c1)NCC1CCN(S(C)(=O)=O)CC1. The van der Waals surface area contributed by atoms with Crippen molar-refractivity contribution in [3.05, 3.63) is 18.0 Å².